The van der Waals surface area contributed by atoms with Crippen LogP contribution in [-0.4, -0.2) is 19.3 Å². The number of benzene rings is 2. The van der Waals surface area contributed by atoms with Crippen molar-refractivity contribution in [2.45, 2.75) is 13.8 Å². The molecule has 0 aromatic heterocycles. The van der Waals surface area contributed by atoms with Crippen LogP contribution in [0.1, 0.15) is 21.5 Å². The third kappa shape index (κ3) is 4.93. The van der Waals surface area contributed by atoms with E-state index in [4.69, 9.17) is 4.74 Å². The summed E-state index contributed by atoms with van der Waals surface area (Å²) in [5.74, 6) is 0.704. The maximum atomic E-state index is 11.8. The van der Waals surface area contributed by atoms with Gasteiger partial charge in [-0.15, -0.1) is 0 Å². The lowest BCUT2D eigenvalue weighted by molar-refractivity contribution is 0.0947. The molecule has 0 spiro atoms. The molecule has 0 heterocycles. The summed E-state index contributed by atoms with van der Waals surface area (Å²) in [4.78, 5) is 11.8. The molecule has 0 radical (unpaired) electrons. The molecule has 0 aliphatic rings. The average molecular weight is 284 g/mol. The maximum Gasteiger partial charge on any atom is 0.252 e. The van der Waals surface area contributed by atoms with E-state index in [9.17, 15) is 4.79 Å². The minimum absolute atomic E-state index is 0.0992. The molecule has 0 fully saturated rings. The Kier molecular flexibility index (Phi) is 5.35. The number of aryl methyl sites for hydroxylation is 2. The van der Waals surface area contributed by atoms with E-state index in [-0.39, 0.29) is 5.91 Å². The van der Waals surface area contributed by atoms with E-state index in [1.807, 2.05) is 62.4 Å². The first-order valence-electron chi connectivity index (χ1n) is 6.90. The zero-order valence-corrected chi connectivity index (χ0v) is 12.3. The van der Waals surface area contributed by atoms with Gasteiger partial charge in [0.25, 0.3) is 5.91 Å². The largest absolute Gasteiger partial charge is 0.478 e. The third-order valence-electron chi connectivity index (χ3n) is 3.05. The van der Waals surface area contributed by atoms with Crippen molar-refractivity contribution in [1.29, 1.82) is 0 Å². The Labute approximate surface area is 125 Å². The standard InChI is InChI=1S/C17H20N2O2/c1-13-3-7-15(8-4-13)17(20)19-11-18-12-21-16-9-5-14(2)6-10-16/h3-10,18H,11-12H2,1-2H3,(H,19,20). The maximum absolute atomic E-state index is 11.8. The van der Waals surface area contributed by atoms with Crippen LogP contribution in [0.3, 0.4) is 0 Å². The number of hydrogen-bond acceptors (Lipinski definition) is 3. The second-order valence-corrected chi connectivity index (χ2v) is 4.90. The molecule has 2 N–H and O–H groups in total. The van der Waals surface area contributed by atoms with Crippen LogP contribution in [0.2, 0.25) is 0 Å². The first-order valence-corrected chi connectivity index (χ1v) is 6.90. The Balaban J connectivity index is 1.66. The van der Waals surface area contributed by atoms with Gasteiger partial charge in [-0.1, -0.05) is 35.4 Å². The molecule has 0 saturated heterocycles. The lowest BCUT2D eigenvalue weighted by Gasteiger charge is -2.09. The van der Waals surface area contributed by atoms with E-state index < -0.39 is 0 Å². The fraction of sp³-hybridized carbons (Fsp3) is 0.235. The minimum Gasteiger partial charge on any atom is -0.478 e. The lowest BCUT2D eigenvalue weighted by atomic mass is 10.1. The number of carbonyl (C=O) groups is 1. The second kappa shape index (κ2) is 7.45. The number of rotatable bonds is 6. The van der Waals surface area contributed by atoms with Crippen LogP contribution in [0.4, 0.5) is 0 Å². The average Bonchev–Trinajstić information content (AvgIpc) is 2.49. The molecule has 2 aromatic carbocycles. The molecule has 0 saturated carbocycles. The molecule has 0 aliphatic heterocycles. The first-order chi connectivity index (χ1) is 10.1. The molecule has 0 bridgehead atoms. The molecule has 110 valence electrons. The summed E-state index contributed by atoms with van der Waals surface area (Å²) in [5, 5.41) is 5.79. The summed E-state index contributed by atoms with van der Waals surface area (Å²) in [6, 6.07) is 15.3. The van der Waals surface area contributed by atoms with Crippen molar-refractivity contribution >= 4 is 5.91 Å². The SMILES string of the molecule is Cc1ccc(OCNCNC(=O)c2ccc(C)cc2)cc1. The Bertz CT molecular complexity index is 577. The van der Waals surface area contributed by atoms with Crippen LogP contribution in [0.25, 0.3) is 0 Å². The summed E-state index contributed by atoms with van der Waals surface area (Å²) in [6.07, 6.45) is 0. The zero-order valence-electron chi connectivity index (χ0n) is 12.3. The fourth-order valence-electron chi connectivity index (χ4n) is 1.77. The number of carbonyl (C=O) groups excluding carboxylic acids is 1. The van der Waals surface area contributed by atoms with Gasteiger partial charge in [-0.3, -0.25) is 10.1 Å². The minimum atomic E-state index is -0.0992. The zero-order chi connectivity index (χ0) is 15.1. The van der Waals surface area contributed by atoms with Gasteiger partial charge in [-0.2, -0.15) is 0 Å². The Morgan fingerprint density at radius 1 is 0.952 bits per heavy atom. The Hall–Kier alpha value is -2.33. The number of ether oxygens (including phenoxy) is 1. The summed E-state index contributed by atoms with van der Waals surface area (Å²) >= 11 is 0. The molecular weight excluding hydrogens is 264 g/mol. The van der Waals surface area contributed by atoms with Gasteiger partial charge in [0.15, 0.2) is 0 Å². The summed E-state index contributed by atoms with van der Waals surface area (Å²) in [6.45, 7) is 4.73. The van der Waals surface area contributed by atoms with Gasteiger partial charge >= 0.3 is 0 Å². The number of nitrogens with one attached hydrogen (secondary N) is 2. The van der Waals surface area contributed by atoms with Gasteiger partial charge in [0.1, 0.15) is 12.5 Å². The van der Waals surface area contributed by atoms with E-state index in [1.165, 1.54) is 5.56 Å². The molecular formula is C17H20N2O2. The predicted molar refractivity (Wildman–Crippen MR) is 83.3 cm³/mol. The Morgan fingerprint density at radius 3 is 2.14 bits per heavy atom. The first kappa shape index (κ1) is 15.1. The number of amides is 1. The highest BCUT2D eigenvalue weighted by molar-refractivity contribution is 5.94. The predicted octanol–water partition coefficient (Wildman–Crippen LogP) is 2.62. The van der Waals surface area contributed by atoms with Crippen molar-refractivity contribution in [2.75, 3.05) is 13.4 Å². The molecule has 4 nitrogen and oxygen atoms in total. The van der Waals surface area contributed by atoms with Gasteiger partial charge in [0.2, 0.25) is 0 Å². The van der Waals surface area contributed by atoms with Crippen molar-refractivity contribution in [3.63, 3.8) is 0 Å². The lowest BCUT2D eigenvalue weighted by Crippen LogP contribution is -2.35. The van der Waals surface area contributed by atoms with Gasteiger partial charge in [0, 0.05) is 5.56 Å². The molecule has 4 heteroatoms. The van der Waals surface area contributed by atoms with E-state index in [1.54, 1.807) is 0 Å². The van der Waals surface area contributed by atoms with Crippen LogP contribution in [0.15, 0.2) is 48.5 Å². The number of hydrogen-bond donors (Lipinski definition) is 2. The quantitative estimate of drug-likeness (QED) is 0.633. The molecule has 0 aliphatic carbocycles. The fourth-order valence-corrected chi connectivity index (χ4v) is 1.77. The highest BCUT2D eigenvalue weighted by Gasteiger charge is 2.03. The third-order valence-corrected chi connectivity index (χ3v) is 3.05. The molecule has 2 rings (SSSR count). The van der Waals surface area contributed by atoms with Gasteiger partial charge in [0.05, 0.1) is 6.67 Å². The van der Waals surface area contributed by atoms with Crippen molar-refractivity contribution in [3.8, 4) is 5.75 Å². The van der Waals surface area contributed by atoms with Crippen LogP contribution < -0.4 is 15.4 Å². The molecule has 21 heavy (non-hydrogen) atoms. The van der Waals surface area contributed by atoms with Crippen LogP contribution >= 0.6 is 0 Å². The van der Waals surface area contributed by atoms with E-state index in [2.05, 4.69) is 10.6 Å². The van der Waals surface area contributed by atoms with Crippen LogP contribution in [0.5, 0.6) is 5.75 Å². The summed E-state index contributed by atoms with van der Waals surface area (Å²) in [5.41, 5.74) is 2.98. The van der Waals surface area contributed by atoms with E-state index in [0.717, 1.165) is 11.3 Å². The Morgan fingerprint density at radius 2 is 1.52 bits per heavy atom. The highest BCUT2D eigenvalue weighted by Crippen LogP contribution is 2.10. The smallest absolute Gasteiger partial charge is 0.252 e. The van der Waals surface area contributed by atoms with Crippen molar-refractivity contribution in [3.05, 3.63) is 65.2 Å². The molecule has 2 aromatic rings. The van der Waals surface area contributed by atoms with Gasteiger partial charge < -0.3 is 10.1 Å². The molecule has 0 unspecified atom stereocenters. The van der Waals surface area contributed by atoms with E-state index >= 15 is 0 Å². The van der Waals surface area contributed by atoms with Crippen LogP contribution in [-0.2, 0) is 0 Å². The summed E-state index contributed by atoms with van der Waals surface area (Å²) in [7, 11) is 0. The van der Waals surface area contributed by atoms with Crippen molar-refractivity contribution in [2.24, 2.45) is 0 Å². The van der Waals surface area contributed by atoms with Crippen LogP contribution in [0, 0.1) is 13.8 Å². The summed E-state index contributed by atoms with van der Waals surface area (Å²) < 4.78 is 5.50. The van der Waals surface area contributed by atoms with Crippen molar-refractivity contribution < 1.29 is 9.53 Å². The van der Waals surface area contributed by atoms with Crippen molar-refractivity contribution in [1.82, 2.24) is 10.6 Å². The monoisotopic (exact) mass is 284 g/mol. The van der Waals surface area contributed by atoms with Gasteiger partial charge in [-0.05, 0) is 38.1 Å². The van der Waals surface area contributed by atoms with Gasteiger partial charge in [-0.25, -0.2) is 0 Å². The highest BCUT2D eigenvalue weighted by atomic mass is 16.5. The van der Waals surface area contributed by atoms with E-state index in [0.29, 0.717) is 19.0 Å². The normalized spacial score (nSPS) is 10.2. The molecule has 0 atom stereocenters. The second-order valence-electron chi connectivity index (χ2n) is 4.90. The molecule has 1 amide bonds. The topological polar surface area (TPSA) is 50.4 Å².